The van der Waals surface area contributed by atoms with Crippen LogP contribution in [0, 0.1) is 12.8 Å². The number of piperidine rings is 1. The third-order valence-corrected chi connectivity index (χ3v) is 11.2. The average Bonchev–Trinajstić information content (AvgIpc) is 3.62. The van der Waals surface area contributed by atoms with Gasteiger partial charge in [-0.1, -0.05) is 17.4 Å². The number of rotatable bonds is 5. The summed E-state index contributed by atoms with van der Waals surface area (Å²) in [4.78, 5) is 18.1. The summed E-state index contributed by atoms with van der Waals surface area (Å²) in [5.74, 6) is -0.0717. The van der Waals surface area contributed by atoms with Crippen LogP contribution in [0.15, 0.2) is 39.9 Å². The minimum Gasteiger partial charge on any atom is -0.310 e. The van der Waals surface area contributed by atoms with Crippen molar-refractivity contribution >= 4 is 54.6 Å². The Labute approximate surface area is 218 Å². The molecular formula is C25H27N5O3S3. The number of thiophene rings is 1. The summed E-state index contributed by atoms with van der Waals surface area (Å²) in [5.41, 5.74) is 4.53. The second-order valence-corrected chi connectivity index (χ2v) is 13.6. The first-order valence-corrected chi connectivity index (χ1v) is 15.4. The zero-order valence-corrected chi connectivity index (χ0v) is 22.4. The molecule has 1 atom stereocenters. The maximum absolute atomic E-state index is 13.3. The molecule has 6 rings (SSSR count). The molecule has 1 aromatic carbocycles. The van der Waals surface area contributed by atoms with Gasteiger partial charge in [0.05, 0.1) is 21.8 Å². The van der Waals surface area contributed by atoms with Gasteiger partial charge >= 0.3 is 0 Å². The Kier molecular flexibility index (Phi) is 6.19. The van der Waals surface area contributed by atoms with Crippen molar-refractivity contribution in [3.63, 3.8) is 0 Å². The molecule has 11 heteroatoms. The quantitative estimate of drug-likeness (QED) is 0.393. The van der Waals surface area contributed by atoms with Crippen LogP contribution < -0.4 is 5.32 Å². The summed E-state index contributed by atoms with van der Waals surface area (Å²) < 4.78 is 30.5. The lowest BCUT2D eigenvalue weighted by Gasteiger charge is -2.30. The molecule has 2 aliphatic rings. The number of carbonyl (C=O) groups excluding carboxylic acids is 1. The molecule has 0 spiro atoms. The summed E-state index contributed by atoms with van der Waals surface area (Å²) in [7, 11) is -3.58. The molecule has 1 saturated heterocycles. The third-order valence-electron chi connectivity index (χ3n) is 6.95. The predicted octanol–water partition coefficient (Wildman–Crippen LogP) is 4.77. The number of hydrogen-bond acceptors (Lipinski definition) is 7. The molecular weight excluding hydrogens is 515 g/mol. The van der Waals surface area contributed by atoms with Crippen LogP contribution in [-0.2, 0) is 27.7 Å². The number of fused-ring (bicyclic) bond motifs is 2. The Hall–Kier alpha value is -2.60. The maximum atomic E-state index is 13.3. The highest BCUT2D eigenvalue weighted by atomic mass is 32.2. The van der Waals surface area contributed by atoms with Gasteiger partial charge in [0, 0.05) is 19.2 Å². The Morgan fingerprint density at radius 2 is 1.94 bits per heavy atom. The summed E-state index contributed by atoms with van der Waals surface area (Å²) >= 11 is 2.77. The third kappa shape index (κ3) is 4.38. The van der Waals surface area contributed by atoms with E-state index in [1.165, 1.54) is 39.6 Å². The highest BCUT2D eigenvalue weighted by Gasteiger charge is 2.34. The molecule has 1 aliphatic heterocycles. The Morgan fingerprint density at radius 3 is 2.72 bits per heavy atom. The number of thiazole rings is 1. The van der Waals surface area contributed by atoms with Gasteiger partial charge in [-0.3, -0.25) is 4.79 Å². The largest absolute Gasteiger partial charge is 0.310 e. The lowest BCUT2D eigenvalue weighted by atomic mass is 9.92. The average molecular weight is 542 g/mol. The lowest BCUT2D eigenvalue weighted by Crippen LogP contribution is -2.43. The summed E-state index contributed by atoms with van der Waals surface area (Å²) in [6.07, 6.45) is 5.94. The van der Waals surface area contributed by atoms with Gasteiger partial charge in [0.1, 0.15) is 10.0 Å². The first kappa shape index (κ1) is 23.8. The molecule has 1 N–H and O–H groups in total. The van der Waals surface area contributed by atoms with Crippen molar-refractivity contribution in [3.8, 4) is 5.13 Å². The van der Waals surface area contributed by atoms with Gasteiger partial charge in [-0.05, 0) is 80.2 Å². The first-order valence-electron chi connectivity index (χ1n) is 12.2. The minimum atomic E-state index is -3.58. The van der Waals surface area contributed by atoms with E-state index in [0.29, 0.717) is 34.5 Å². The summed E-state index contributed by atoms with van der Waals surface area (Å²) in [6, 6.07) is 9.62. The summed E-state index contributed by atoms with van der Waals surface area (Å²) in [5, 5.41) is 10.1. The maximum Gasteiger partial charge on any atom is 0.252 e. The molecule has 0 radical (unpaired) electrons. The fourth-order valence-electron chi connectivity index (χ4n) is 5.11. The monoisotopic (exact) mass is 541 g/mol. The molecule has 0 bridgehead atoms. The molecule has 3 aromatic heterocycles. The number of anilines is 1. The van der Waals surface area contributed by atoms with Crippen LogP contribution in [-0.4, -0.2) is 46.5 Å². The Balaban J connectivity index is 1.24. The number of hydrogen-bond donors (Lipinski definition) is 1. The fourth-order valence-corrected chi connectivity index (χ4v) is 8.75. The lowest BCUT2D eigenvalue weighted by molar-refractivity contribution is -0.120. The van der Waals surface area contributed by atoms with Crippen LogP contribution in [0.3, 0.4) is 0 Å². The molecule has 4 heterocycles. The van der Waals surface area contributed by atoms with Gasteiger partial charge in [-0.15, -0.1) is 11.3 Å². The fraction of sp³-hybridized carbons (Fsp3) is 0.400. The molecule has 36 heavy (non-hydrogen) atoms. The number of aryl methyl sites for hydroxylation is 3. The van der Waals surface area contributed by atoms with E-state index in [1.54, 1.807) is 33.5 Å². The number of carbonyl (C=O) groups is 1. The number of amides is 1. The van der Waals surface area contributed by atoms with E-state index in [-0.39, 0.29) is 12.5 Å². The van der Waals surface area contributed by atoms with E-state index in [1.807, 2.05) is 13.0 Å². The van der Waals surface area contributed by atoms with Crippen LogP contribution in [0.2, 0.25) is 0 Å². The van der Waals surface area contributed by atoms with Gasteiger partial charge in [0.15, 0.2) is 0 Å². The Bertz CT molecular complexity index is 1500. The standard InChI is InChI=1S/C25H27N5O3S3/c1-16-12-22(27-24(31)19-8-4-10-29(15-19)36(32,33)23-9-5-11-34-23)30(28-16)25-26-20-13-17-6-2-3-7-18(17)14-21(20)35-25/h5,9,11-14,19H,2-4,6-8,10,15H2,1H3,(H,27,31). The zero-order chi connectivity index (χ0) is 24.9. The number of sulfonamides is 1. The Morgan fingerprint density at radius 1 is 1.14 bits per heavy atom. The summed E-state index contributed by atoms with van der Waals surface area (Å²) in [6.45, 7) is 2.48. The van der Waals surface area contributed by atoms with Crippen LogP contribution in [0.4, 0.5) is 5.82 Å². The molecule has 188 valence electrons. The molecule has 0 saturated carbocycles. The molecule has 4 aromatic rings. The first-order chi connectivity index (χ1) is 17.4. The number of benzene rings is 1. The van der Waals surface area contributed by atoms with E-state index in [0.717, 1.165) is 28.8 Å². The highest BCUT2D eigenvalue weighted by Crippen LogP contribution is 2.33. The van der Waals surface area contributed by atoms with Crippen molar-refractivity contribution in [3.05, 3.63) is 52.5 Å². The van der Waals surface area contributed by atoms with E-state index in [2.05, 4.69) is 22.5 Å². The van der Waals surface area contributed by atoms with Gasteiger partial charge < -0.3 is 5.32 Å². The second kappa shape index (κ2) is 9.37. The zero-order valence-electron chi connectivity index (χ0n) is 19.9. The topological polar surface area (TPSA) is 97.2 Å². The van der Waals surface area contributed by atoms with Crippen LogP contribution in [0.1, 0.15) is 42.5 Å². The molecule has 1 aliphatic carbocycles. The van der Waals surface area contributed by atoms with Crippen molar-refractivity contribution < 1.29 is 13.2 Å². The number of nitrogens with zero attached hydrogens (tertiary/aromatic N) is 4. The predicted molar refractivity (Wildman–Crippen MR) is 143 cm³/mol. The van der Waals surface area contributed by atoms with E-state index < -0.39 is 15.9 Å². The highest BCUT2D eigenvalue weighted by molar-refractivity contribution is 7.91. The molecule has 1 unspecified atom stereocenters. The van der Waals surface area contributed by atoms with Gasteiger partial charge in [0.2, 0.25) is 11.0 Å². The van der Waals surface area contributed by atoms with Crippen molar-refractivity contribution in [2.45, 2.75) is 49.7 Å². The van der Waals surface area contributed by atoms with Crippen molar-refractivity contribution in [2.75, 3.05) is 18.4 Å². The van der Waals surface area contributed by atoms with E-state index in [9.17, 15) is 13.2 Å². The molecule has 8 nitrogen and oxygen atoms in total. The molecule has 1 fully saturated rings. The van der Waals surface area contributed by atoms with E-state index in [4.69, 9.17) is 4.98 Å². The van der Waals surface area contributed by atoms with Crippen molar-refractivity contribution in [1.29, 1.82) is 0 Å². The molecule has 1 amide bonds. The van der Waals surface area contributed by atoms with Crippen LogP contribution in [0.25, 0.3) is 15.3 Å². The van der Waals surface area contributed by atoms with Gasteiger partial charge in [-0.2, -0.15) is 14.1 Å². The van der Waals surface area contributed by atoms with Gasteiger partial charge in [-0.25, -0.2) is 13.4 Å². The smallest absolute Gasteiger partial charge is 0.252 e. The number of nitrogens with one attached hydrogen (secondary N) is 1. The minimum absolute atomic E-state index is 0.172. The van der Waals surface area contributed by atoms with Crippen LogP contribution in [0.5, 0.6) is 0 Å². The SMILES string of the molecule is Cc1cc(NC(=O)C2CCCN(S(=O)(=O)c3cccs3)C2)n(-c2nc3cc4c(cc3s2)CCCC4)n1. The number of aromatic nitrogens is 3. The van der Waals surface area contributed by atoms with Crippen molar-refractivity contribution in [1.82, 2.24) is 19.1 Å². The van der Waals surface area contributed by atoms with Crippen molar-refractivity contribution in [2.24, 2.45) is 5.92 Å². The van der Waals surface area contributed by atoms with Crippen LogP contribution >= 0.6 is 22.7 Å². The van der Waals surface area contributed by atoms with E-state index >= 15 is 0 Å². The normalized spacial score (nSPS) is 18.9. The van der Waals surface area contributed by atoms with Gasteiger partial charge in [0.25, 0.3) is 10.0 Å². The second-order valence-electron chi connectivity index (χ2n) is 9.50.